The molecule has 0 aliphatic rings. The van der Waals surface area contributed by atoms with Gasteiger partial charge in [-0.3, -0.25) is 14.4 Å². The van der Waals surface area contributed by atoms with Crippen LogP contribution in [0, 0.1) is 5.41 Å². The van der Waals surface area contributed by atoms with Crippen LogP contribution in [0.1, 0.15) is 40.0 Å². The molecule has 0 atom stereocenters. The van der Waals surface area contributed by atoms with E-state index >= 15 is 0 Å². The van der Waals surface area contributed by atoms with E-state index in [0.717, 1.165) is 0 Å². The molecule has 0 spiro atoms. The van der Waals surface area contributed by atoms with Crippen molar-refractivity contribution in [2.24, 2.45) is 5.41 Å². The molecule has 0 unspecified atom stereocenters. The number of carbonyl (C=O) groups is 3. The van der Waals surface area contributed by atoms with E-state index in [1.54, 1.807) is 58.2 Å². The van der Waals surface area contributed by atoms with E-state index in [2.05, 4.69) is 5.32 Å². The molecule has 0 saturated carbocycles. The van der Waals surface area contributed by atoms with Crippen molar-refractivity contribution in [1.82, 2.24) is 0 Å². The van der Waals surface area contributed by atoms with E-state index in [4.69, 9.17) is 14.2 Å². The van der Waals surface area contributed by atoms with Crippen molar-refractivity contribution >= 4 is 23.3 Å². The summed E-state index contributed by atoms with van der Waals surface area (Å²) in [4.78, 5) is 35.6. The third kappa shape index (κ3) is 8.12. The molecule has 31 heavy (non-hydrogen) atoms. The summed E-state index contributed by atoms with van der Waals surface area (Å²) in [5.41, 5.74) is 0.0733. The van der Waals surface area contributed by atoms with Crippen LogP contribution >= 0.6 is 0 Å². The van der Waals surface area contributed by atoms with Crippen molar-refractivity contribution in [1.29, 1.82) is 0 Å². The third-order valence-corrected chi connectivity index (χ3v) is 4.42. The second-order valence-corrected chi connectivity index (χ2v) is 8.01. The quantitative estimate of drug-likeness (QED) is 0.550. The highest BCUT2D eigenvalue weighted by molar-refractivity contribution is 5.91. The average molecular weight is 427 g/mol. The summed E-state index contributed by atoms with van der Waals surface area (Å²) in [6.07, 6.45) is 0.585. The van der Waals surface area contributed by atoms with Crippen molar-refractivity contribution in [3.63, 3.8) is 0 Å². The van der Waals surface area contributed by atoms with Gasteiger partial charge in [0.1, 0.15) is 5.75 Å². The van der Waals surface area contributed by atoms with E-state index in [-0.39, 0.29) is 31.1 Å². The average Bonchev–Trinajstić information content (AvgIpc) is 2.73. The zero-order chi connectivity index (χ0) is 22.9. The highest BCUT2D eigenvalue weighted by atomic mass is 16.5. The van der Waals surface area contributed by atoms with Crippen molar-refractivity contribution in [3.8, 4) is 17.2 Å². The summed E-state index contributed by atoms with van der Waals surface area (Å²) in [5, 5.41) is 2.77. The molecule has 0 aromatic heterocycles. The van der Waals surface area contributed by atoms with Crippen molar-refractivity contribution < 1.29 is 28.6 Å². The minimum atomic E-state index is -0.548. The topological polar surface area (TPSA) is 90.9 Å². The van der Waals surface area contributed by atoms with Gasteiger partial charge in [0.2, 0.25) is 5.91 Å². The SMILES string of the molecule is COc1ccccc1Oc1ccc(NC(=O)CCCC(=O)OCC(=O)C(C)(C)C)cc1. The molecule has 0 fully saturated rings. The first-order valence-corrected chi connectivity index (χ1v) is 10.1. The molecule has 0 radical (unpaired) electrons. The Balaban J connectivity index is 1.74. The normalized spacial score (nSPS) is 10.8. The Morgan fingerprint density at radius 2 is 1.55 bits per heavy atom. The highest BCUT2D eigenvalue weighted by Crippen LogP contribution is 2.31. The molecule has 0 saturated heterocycles. The van der Waals surface area contributed by atoms with Gasteiger partial charge in [-0.05, 0) is 42.8 Å². The lowest BCUT2D eigenvalue weighted by atomic mass is 9.91. The van der Waals surface area contributed by atoms with E-state index in [1.165, 1.54) is 0 Å². The van der Waals surface area contributed by atoms with Crippen LogP contribution in [0.25, 0.3) is 0 Å². The summed E-state index contributed by atoms with van der Waals surface area (Å²) in [5.74, 6) is 0.992. The van der Waals surface area contributed by atoms with E-state index < -0.39 is 11.4 Å². The van der Waals surface area contributed by atoms with Crippen LogP contribution in [0.15, 0.2) is 48.5 Å². The number of carbonyl (C=O) groups excluding carboxylic acids is 3. The van der Waals surface area contributed by atoms with Crippen molar-refractivity contribution in [2.75, 3.05) is 19.0 Å². The largest absolute Gasteiger partial charge is 0.493 e. The smallest absolute Gasteiger partial charge is 0.306 e. The minimum absolute atomic E-state index is 0.0799. The van der Waals surface area contributed by atoms with E-state index in [9.17, 15) is 14.4 Å². The van der Waals surface area contributed by atoms with Crippen LogP contribution in [0.5, 0.6) is 17.2 Å². The van der Waals surface area contributed by atoms with Gasteiger partial charge in [0.15, 0.2) is 23.9 Å². The lowest BCUT2D eigenvalue weighted by Crippen LogP contribution is -2.26. The number of ether oxygens (including phenoxy) is 3. The Kier molecular flexibility index (Phi) is 8.61. The fourth-order valence-electron chi connectivity index (χ4n) is 2.49. The number of methoxy groups -OCH3 is 1. The molecule has 1 amide bonds. The Hall–Kier alpha value is -3.35. The first kappa shape index (κ1) is 23.9. The number of nitrogens with one attached hydrogen (secondary N) is 1. The van der Waals surface area contributed by atoms with Crippen LogP contribution in [0.2, 0.25) is 0 Å². The summed E-state index contributed by atoms with van der Waals surface area (Å²) in [6.45, 7) is 5.07. The highest BCUT2D eigenvalue weighted by Gasteiger charge is 2.22. The summed E-state index contributed by atoms with van der Waals surface area (Å²) in [6, 6.07) is 14.3. The van der Waals surface area contributed by atoms with Gasteiger partial charge < -0.3 is 19.5 Å². The number of hydrogen-bond acceptors (Lipinski definition) is 6. The standard InChI is InChI=1S/C24H29NO6/c1-24(2,3)21(26)16-30-23(28)11-7-10-22(27)25-17-12-14-18(15-13-17)31-20-9-6-5-8-19(20)29-4/h5-6,8-9,12-15H,7,10-11,16H2,1-4H3,(H,25,27). The number of para-hydroxylation sites is 2. The number of ketones is 1. The first-order valence-electron chi connectivity index (χ1n) is 10.1. The maximum Gasteiger partial charge on any atom is 0.306 e. The molecule has 2 aromatic carbocycles. The van der Waals surface area contributed by atoms with Crippen LogP contribution in [-0.4, -0.2) is 31.4 Å². The molecule has 166 valence electrons. The lowest BCUT2D eigenvalue weighted by Gasteiger charge is -2.16. The number of amides is 1. The van der Waals surface area contributed by atoms with Gasteiger partial charge in [0.05, 0.1) is 7.11 Å². The Bertz CT molecular complexity index is 899. The van der Waals surface area contributed by atoms with Gasteiger partial charge in [-0.1, -0.05) is 32.9 Å². The van der Waals surface area contributed by atoms with E-state index in [0.29, 0.717) is 29.4 Å². The summed E-state index contributed by atoms with van der Waals surface area (Å²) < 4.78 is 16.0. The van der Waals surface area contributed by atoms with Crippen LogP contribution in [0.3, 0.4) is 0 Å². The molecule has 0 heterocycles. The molecular formula is C24H29NO6. The molecule has 7 nitrogen and oxygen atoms in total. The number of rotatable bonds is 10. The maximum absolute atomic E-state index is 12.1. The van der Waals surface area contributed by atoms with Crippen LogP contribution in [0.4, 0.5) is 5.69 Å². The third-order valence-electron chi connectivity index (χ3n) is 4.42. The lowest BCUT2D eigenvalue weighted by molar-refractivity contribution is -0.150. The Morgan fingerprint density at radius 3 is 2.16 bits per heavy atom. The molecule has 2 aromatic rings. The van der Waals surface area contributed by atoms with E-state index in [1.807, 2.05) is 18.2 Å². The fraction of sp³-hybridized carbons (Fsp3) is 0.375. The fourth-order valence-corrected chi connectivity index (χ4v) is 2.49. The monoisotopic (exact) mass is 427 g/mol. The maximum atomic E-state index is 12.1. The molecular weight excluding hydrogens is 398 g/mol. The predicted octanol–water partition coefficient (Wildman–Crippen LogP) is 4.75. The number of Topliss-reactive ketones (excluding diaryl/α,β-unsaturated/α-hetero) is 1. The van der Waals surface area contributed by atoms with Crippen LogP contribution < -0.4 is 14.8 Å². The Labute approximate surface area is 182 Å². The first-order chi connectivity index (χ1) is 14.7. The van der Waals surface area contributed by atoms with Gasteiger partial charge in [0.25, 0.3) is 0 Å². The van der Waals surface area contributed by atoms with Crippen molar-refractivity contribution in [2.45, 2.75) is 40.0 Å². The van der Waals surface area contributed by atoms with Crippen molar-refractivity contribution in [3.05, 3.63) is 48.5 Å². The second-order valence-electron chi connectivity index (χ2n) is 8.01. The summed E-state index contributed by atoms with van der Waals surface area (Å²) in [7, 11) is 1.58. The number of hydrogen-bond donors (Lipinski definition) is 1. The molecule has 0 aliphatic heterocycles. The van der Waals surface area contributed by atoms with Gasteiger partial charge in [-0.25, -0.2) is 0 Å². The molecule has 1 N–H and O–H groups in total. The molecule has 0 aliphatic carbocycles. The van der Waals surface area contributed by atoms with Gasteiger partial charge in [0, 0.05) is 23.9 Å². The van der Waals surface area contributed by atoms with Gasteiger partial charge >= 0.3 is 5.97 Å². The van der Waals surface area contributed by atoms with Gasteiger partial charge in [-0.15, -0.1) is 0 Å². The van der Waals surface area contributed by atoms with Gasteiger partial charge in [-0.2, -0.15) is 0 Å². The minimum Gasteiger partial charge on any atom is -0.493 e. The molecule has 0 bridgehead atoms. The molecule has 2 rings (SSSR count). The second kappa shape index (κ2) is 11.2. The zero-order valence-electron chi connectivity index (χ0n) is 18.4. The summed E-state index contributed by atoms with van der Waals surface area (Å²) >= 11 is 0. The number of esters is 1. The Morgan fingerprint density at radius 1 is 0.903 bits per heavy atom. The number of anilines is 1. The molecule has 7 heteroatoms. The zero-order valence-corrected chi connectivity index (χ0v) is 18.4. The number of benzene rings is 2. The predicted molar refractivity (Wildman–Crippen MR) is 117 cm³/mol. The van der Waals surface area contributed by atoms with Crippen LogP contribution in [-0.2, 0) is 19.1 Å².